The van der Waals surface area contributed by atoms with Crippen LogP contribution in [0.5, 0.6) is 5.75 Å². The van der Waals surface area contributed by atoms with Crippen LogP contribution in [0.2, 0.25) is 0 Å². The predicted molar refractivity (Wildman–Crippen MR) is 94.2 cm³/mol. The summed E-state index contributed by atoms with van der Waals surface area (Å²) in [6, 6.07) is 16.9. The lowest BCUT2D eigenvalue weighted by Gasteiger charge is -2.22. The van der Waals surface area contributed by atoms with E-state index >= 15 is 0 Å². The van der Waals surface area contributed by atoms with Crippen LogP contribution in [-0.2, 0) is 16.0 Å². The molecule has 0 aliphatic rings. The summed E-state index contributed by atoms with van der Waals surface area (Å²) in [6.07, 6.45) is 0.333. The highest BCUT2D eigenvalue weighted by Crippen LogP contribution is 2.20. The molecule has 0 aliphatic heterocycles. The zero-order valence-electron chi connectivity index (χ0n) is 14.0. The Labute approximate surface area is 142 Å². The number of rotatable bonds is 7. The molecule has 0 aromatic heterocycles. The van der Waals surface area contributed by atoms with Crippen LogP contribution in [0.25, 0.3) is 0 Å². The van der Waals surface area contributed by atoms with Crippen molar-refractivity contribution in [3.05, 3.63) is 60.2 Å². The summed E-state index contributed by atoms with van der Waals surface area (Å²) in [7, 11) is 1.58. The van der Waals surface area contributed by atoms with Crippen molar-refractivity contribution in [1.82, 2.24) is 5.32 Å². The van der Waals surface area contributed by atoms with E-state index in [9.17, 15) is 9.59 Å². The largest absolute Gasteiger partial charge is 0.497 e. The fraction of sp³-hybridized carbons (Fsp3) is 0.263. The monoisotopic (exact) mass is 326 g/mol. The summed E-state index contributed by atoms with van der Waals surface area (Å²) < 4.78 is 5.19. The molecule has 0 spiro atoms. The minimum Gasteiger partial charge on any atom is -0.497 e. The standard InChI is InChI=1S/C19H22N2O3/c1-15(22)21(17-9-6-10-18(14-17)24-2)12-11-20-19(23)13-16-7-4-3-5-8-16/h3-10,14H,11-13H2,1-2H3,(H,20,23). The average Bonchev–Trinajstić information content (AvgIpc) is 2.59. The van der Waals surface area contributed by atoms with Crippen molar-refractivity contribution in [2.75, 3.05) is 25.1 Å². The molecule has 0 bridgehead atoms. The molecular weight excluding hydrogens is 304 g/mol. The summed E-state index contributed by atoms with van der Waals surface area (Å²) in [5.41, 5.74) is 1.71. The summed E-state index contributed by atoms with van der Waals surface area (Å²) in [5, 5.41) is 2.85. The third-order valence-corrected chi connectivity index (χ3v) is 3.61. The van der Waals surface area contributed by atoms with Gasteiger partial charge < -0.3 is 15.0 Å². The van der Waals surface area contributed by atoms with Crippen LogP contribution < -0.4 is 15.0 Å². The number of carbonyl (C=O) groups is 2. The van der Waals surface area contributed by atoms with E-state index in [2.05, 4.69) is 5.32 Å². The van der Waals surface area contributed by atoms with Gasteiger partial charge in [0.2, 0.25) is 11.8 Å². The van der Waals surface area contributed by atoms with Crippen molar-refractivity contribution in [3.8, 4) is 5.75 Å². The number of hydrogen-bond acceptors (Lipinski definition) is 3. The molecule has 2 rings (SSSR count). The minimum atomic E-state index is -0.0828. The predicted octanol–water partition coefficient (Wildman–Crippen LogP) is 2.41. The van der Waals surface area contributed by atoms with E-state index in [1.807, 2.05) is 48.5 Å². The van der Waals surface area contributed by atoms with Crippen LogP contribution in [0, 0.1) is 0 Å². The molecule has 0 unspecified atom stereocenters. The first-order valence-electron chi connectivity index (χ1n) is 7.83. The van der Waals surface area contributed by atoms with Crippen LogP contribution in [0.3, 0.4) is 0 Å². The number of hydrogen-bond donors (Lipinski definition) is 1. The van der Waals surface area contributed by atoms with Crippen molar-refractivity contribution in [3.63, 3.8) is 0 Å². The highest BCUT2D eigenvalue weighted by atomic mass is 16.5. The number of anilines is 1. The van der Waals surface area contributed by atoms with E-state index in [4.69, 9.17) is 4.74 Å². The molecule has 0 aliphatic carbocycles. The zero-order valence-corrected chi connectivity index (χ0v) is 14.0. The first-order chi connectivity index (χ1) is 11.6. The number of nitrogens with zero attached hydrogens (tertiary/aromatic N) is 1. The Kier molecular flexibility index (Phi) is 6.37. The Balaban J connectivity index is 1.89. The molecule has 0 atom stereocenters. The van der Waals surface area contributed by atoms with Crippen LogP contribution in [0.15, 0.2) is 54.6 Å². The normalized spacial score (nSPS) is 10.1. The molecule has 0 heterocycles. The fourth-order valence-electron chi connectivity index (χ4n) is 2.40. The fourth-order valence-corrected chi connectivity index (χ4v) is 2.40. The summed E-state index contributed by atoms with van der Waals surface area (Å²) in [5.74, 6) is 0.544. The van der Waals surface area contributed by atoms with Crippen LogP contribution in [0.1, 0.15) is 12.5 Å². The van der Waals surface area contributed by atoms with Gasteiger partial charge in [-0.15, -0.1) is 0 Å². The van der Waals surface area contributed by atoms with Crippen molar-refractivity contribution in [2.45, 2.75) is 13.3 Å². The van der Waals surface area contributed by atoms with E-state index in [0.29, 0.717) is 25.3 Å². The van der Waals surface area contributed by atoms with Gasteiger partial charge in [-0.05, 0) is 17.7 Å². The Morgan fingerprint density at radius 2 is 1.83 bits per heavy atom. The highest BCUT2D eigenvalue weighted by Gasteiger charge is 2.12. The van der Waals surface area contributed by atoms with Gasteiger partial charge in [0.1, 0.15) is 5.75 Å². The van der Waals surface area contributed by atoms with Crippen molar-refractivity contribution in [1.29, 1.82) is 0 Å². The van der Waals surface area contributed by atoms with Gasteiger partial charge in [0.15, 0.2) is 0 Å². The number of methoxy groups -OCH3 is 1. The van der Waals surface area contributed by atoms with Crippen molar-refractivity contribution >= 4 is 17.5 Å². The maximum Gasteiger partial charge on any atom is 0.224 e. The number of amides is 2. The molecule has 24 heavy (non-hydrogen) atoms. The van der Waals surface area contributed by atoms with Gasteiger partial charge in [0, 0.05) is 31.8 Å². The lowest BCUT2D eigenvalue weighted by molar-refractivity contribution is -0.121. The molecule has 0 fully saturated rings. The molecule has 0 radical (unpaired) electrons. The van der Waals surface area contributed by atoms with Gasteiger partial charge in [-0.2, -0.15) is 0 Å². The Hall–Kier alpha value is -2.82. The molecule has 2 aromatic rings. The highest BCUT2D eigenvalue weighted by molar-refractivity contribution is 5.91. The Bertz CT molecular complexity index is 686. The van der Waals surface area contributed by atoms with E-state index in [0.717, 1.165) is 11.3 Å². The molecule has 2 aromatic carbocycles. The van der Waals surface area contributed by atoms with Gasteiger partial charge in [0.25, 0.3) is 0 Å². The number of carbonyl (C=O) groups excluding carboxylic acids is 2. The van der Waals surface area contributed by atoms with Gasteiger partial charge in [-0.25, -0.2) is 0 Å². The lowest BCUT2D eigenvalue weighted by atomic mass is 10.1. The molecule has 5 nitrogen and oxygen atoms in total. The molecule has 2 amide bonds. The summed E-state index contributed by atoms with van der Waals surface area (Å²) >= 11 is 0. The summed E-state index contributed by atoms with van der Waals surface area (Å²) in [4.78, 5) is 25.5. The van der Waals surface area contributed by atoms with Crippen molar-refractivity contribution < 1.29 is 14.3 Å². The second-order valence-corrected chi connectivity index (χ2v) is 5.38. The maximum absolute atomic E-state index is 12.0. The Morgan fingerprint density at radius 1 is 1.08 bits per heavy atom. The Morgan fingerprint density at radius 3 is 2.50 bits per heavy atom. The zero-order chi connectivity index (χ0) is 17.4. The second kappa shape index (κ2) is 8.72. The first-order valence-corrected chi connectivity index (χ1v) is 7.83. The third kappa shape index (κ3) is 5.12. The quantitative estimate of drug-likeness (QED) is 0.850. The van der Waals surface area contributed by atoms with Crippen LogP contribution in [-0.4, -0.2) is 32.0 Å². The van der Waals surface area contributed by atoms with Crippen molar-refractivity contribution in [2.24, 2.45) is 0 Å². The first kappa shape index (κ1) is 17.5. The number of ether oxygens (including phenoxy) is 1. The topological polar surface area (TPSA) is 58.6 Å². The smallest absolute Gasteiger partial charge is 0.224 e. The molecule has 0 saturated heterocycles. The van der Waals surface area contributed by atoms with Crippen LogP contribution in [0.4, 0.5) is 5.69 Å². The summed E-state index contributed by atoms with van der Waals surface area (Å²) in [6.45, 7) is 2.30. The van der Waals surface area contributed by atoms with Gasteiger partial charge in [0.05, 0.1) is 13.5 Å². The van der Waals surface area contributed by atoms with E-state index in [1.54, 1.807) is 18.1 Å². The van der Waals surface area contributed by atoms with Crippen LogP contribution >= 0.6 is 0 Å². The van der Waals surface area contributed by atoms with Gasteiger partial charge in [-0.3, -0.25) is 9.59 Å². The minimum absolute atomic E-state index is 0.0599. The second-order valence-electron chi connectivity index (χ2n) is 5.38. The molecule has 126 valence electrons. The lowest BCUT2D eigenvalue weighted by Crippen LogP contribution is -2.38. The molecule has 1 N–H and O–H groups in total. The average molecular weight is 326 g/mol. The number of nitrogens with one attached hydrogen (secondary N) is 1. The SMILES string of the molecule is COc1cccc(N(CCNC(=O)Cc2ccccc2)C(C)=O)c1. The van der Waals surface area contributed by atoms with E-state index < -0.39 is 0 Å². The number of benzene rings is 2. The molecular formula is C19H22N2O3. The van der Waals surface area contributed by atoms with E-state index in [-0.39, 0.29) is 11.8 Å². The van der Waals surface area contributed by atoms with Gasteiger partial charge in [-0.1, -0.05) is 36.4 Å². The maximum atomic E-state index is 12.0. The van der Waals surface area contributed by atoms with Gasteiger partial charge >= 0.3 is 0 Å². The molecule has 0 saturated carbocycles. The third-order valence-electron chi connectivity index (χ3n) is 3.61. The van der Waals surface area contributed by atoms with E-state index in [1.165, 1.54) is 6.92 Å². The molecule has 5 heteroatoms.